The van der Waals surface area contributed by atoms with Crippen molar-refractivity contribution >= 4 is 27.6 Å². The SMILES string of the molecule is CSc1ccc(CN(C)c2ccc(S(=O)(=O)N3CCOCC3)c[nH+]2)cc1. The zero-order chi connectivity index (χ0) is 18.6. The number of anilines is 1. The molecule has 0 radical (unpaired) electrons. The molecule has 1 aromatic carbocycles. The van der Waals surface area contributed by atoms with Crippen LogP contribution >= 0.6 is 11.8 Å². The molecule has 140 valence electrons. The van der Waals surface area contributed by atoms with Gasteiger partial charge in [0.2, 0.25) is 10.0 Å². The average molecular weight is 395 g/mol. The molecule has 26 heavy (non-hydrogen) atoms. The molecule has 1 aliphatic rings. The Labute approximate surface area is 159 Å². The third kappa shape index (κ3) is 4.37. The number of thioether (sulfide) groups is 1. The second kappa shape index (κ2) is 8.39. The first-order valence-corrected chi connectivity index (χ1v) is 11.1. The van der Waals surface area contributed by atoms with Crippen LogP contribution in [0.4, 0.5) is 5.82 Å². The van der Waals surface area contributed by atoms with Gasteiger partial charge in [0.1, 0.15) is 17.6 Å². The van der Waals surface area contributed by atoms with Crippen molar-refractivity contribution in [2.45, 2.75) is 16.3 Å². The Morgan fingerprint density at radius 1 is 1.15 bits per heavy atom. The lowest BCUT2D eigenvalue weighted by molar-refractivity contribution is -0.367. The standard InChI is InChI=1S/C18H23N3O3S2/c1-20(14-15-3-5-16(25-2)6-4-15)18-8-7-17(13-19-18)26(22,23)21-9-11-24-12-10-21/h3-8,13H,9-12,14H2,1-2H3/p+1. The number of pyridine rings is 1. The molecule has 0 aliphatic carbocycles. The summed E-state index contributed by atoms with van der Waals surface area (Å²) in [6, 6.07) is 11.9. The van der Waals surface area contributed by atoms with E-state index in [1.807, 2.05) is 13.1 Å². The monoisotopic (exact) mass is 394 g/mol. The van der Waals surface area contributed by atoms with Gasteiger partial charge in [-0.15, -0.1) is 11.8 Å². The summed E-state index contributed by atoms with van der Waals surface area (Å²) in [5.74, 6) is 0.861. The second-order valence-corrected chi connectivity index (χ2v) is 8.95. The average Bonchev–Trinajstić information content (AvgIpc) is 2.69. The maximum atomic E-state index is 12.7. The van der Waals surface area contributed by atoms with E-state index in [4.69, 9.17) is 4.74 Å². The molecule has 1 aliphatic heterocycles. The van der Waals surface area contributed by atoms with E-state index >= 15 is 0 Å². The van der Waals surface area contributed by atoms with Crippen LogP contribution in [0.2, 0.25) is 0 Å². The Balaban J connectivity index is 1.69. The van der Waals surface area contributed by atoms with Crippen LogP contribution in [0.5, 0.6) is 0 Å². The van der Waals surface area contributed by atoms with Gasteiger partial charge in [-0.3, -0.25) is 4.90 Å². The predicted octanol–water partition coefficient (Wildman–Crippen LogP) is 1.88. The van der Waals surface area contributed by atoms with Crippen LogP contribution in [0, 0.1) is 0 Å². The highest BCUT2D eigenvalue weighted by atomic mass is 32.2. The van der Waals surface area contributed by atoms with Crippen LogP contribution in [-0.2, 0) is 21.3 Å². The highest BCUT2D eigenvalue weighted by Gasteiger charge is 2.27. The fourth-order valence-electron chi connectivity index (χ4n) is 2.83. The number of aromatic amines is 1. The number of benzene rings is 1. The first kappa shape index (κ1) is 19.2. The molecule has 8 heteroatoms. The van der Waals surface area contributed by atoms with Crippen LogP contribution in [0.25, 0.3) is 0 Å². The van der Waals surface area contributed by atoms with E-state index in [0.29, 0.717) is 26.3 Å². The molecule has 0 bridgehead atoms. The first-order valence-electron chi connectivity index (χ1n) is 8.44. The normalized spacial score (nSPS) is 15.8. The Morgan fingerprint density at radius 3 is 2.42 bits per heavy atom. The number of aromatic nitrogens is 1. The van der Waals surface area contributed by atoms with E-state index in [2.05, 4.69) is 40.4 Å². The molecule has 1 saturated heterocycles. The van der Waals surface area contributed by atoms with E-state index in [1.54, 1.807) is 24.0 Å². The zero-order valence-electron chi connectivity index (χ0n) is 15.0. The van der Waals surface area contributed by atoms with Gasteiger partial charge in [-0.1, -0.05) is 12.1 Å². The van der Waals surface area contributed by atoms with E-state index in [1.165, 1.54) is 14.8 Å². The van der Waals surface area contributed by atoms with Crippen molar-refractivity contribution in [2.75, 3.05) is 44.5 Å². The second-order valence-electron chi connectivity index (χ2n) is 6.13. The topological polar surface area (TPSA) is 64.0 Å². The Morgan fingerprint density at radius 2 is 1.85 bits per heavy atom. The number of H-pyrrole nitrogens is 1. The molecule has 1 fully saturated rings. The number of hydrogen-bond donors (Lipinski definition) is 0. The summed E-state index contributed by atoms with van der Waals surface area (Å²) >= 11 is 1.72. The van der Waals surface area contributed by atoms with Gasteiger partial charge < -0.3 is 4.74 Å². The maximum absolute atomic E-state index is 12.7. The van der Waals surface area contributed by atoms with Crippen LogP contribution in [-0.4, -0.2) is 52.3 Å². The van der Waals surface area contributed by atoms with Crippen LogP contribution in [0.3, 0.4) is 0 Å². The van der Waals surface area contributed by atoms with Gasteiger partial charge >= 0.3 is 0 Å². The molecule has 0 saturated carbocycles. The molecule has 2 aromatic rings. The molecule has 1 aromatic heterocycles. The minimum Gasteiger partial charge on any atom is -0.379 e. The van der Waals surface area contributed by atoms with Gasteiger partial charge in [-0.2, -0.15) is 4.31 Å². The minimum atomic E-state index is -3.47. The van der Waals surface area contributed by atoms with Gasteiger partial charge in [-0.05, 0) is 30.0 Å². The van der Waals surface area contributed by atoms with Crippen molar-refractivity contribution in [3.8, 4) is 0 Å². The molecular weight excluding hydrogens is 370 g/mol. The summed E-state index contributed by atoms with van der Waals surface area (Å²) in [5.41, 5.74) is 1.20. The Kier molecular flexibility index (Phi) is 6.18. The number of ether oxygens (including phenoxy) is 1. The fraction of sp³-hybridized carbons (Fsp3) is 0.389. The fourth-order valence-corrected chi connectivity index (χ4v) is 4.61. The van der Waals surface area contributed by atoms with Crippen molar-refractivity contribution < 1.29 is 18.1 Å². The summed E-state index contributed by atoms with van der Waals surface area (Å²) in [6.07, 6.45) is 3.62. The summed E-state index contributed by atoms with van der Waals surface area (Å²) < 4.78 is 32.0. The van der Waals surface area contributed by atoms with E-state index in [9.17, 15) is 8.42 Å². The molecule has 2 heterocycles. The highest BCUT2D eigenvalue weighted by Crippen LogP contribution is 2.19. The third-order valence-corrected chi connectivity index (χ3v) is 7.00. The zero-order valence-corrected chi connectivity index (χ0v) is 16.6. The van der Waals surface area contributed by atoms with Crippen molar-refractivity contribution in [1.82, 2.24) is 4.31 Å². The maximum Gasteiger partial charge on any atom is 0.274 e. The molecule has 6 nitrogen and oxygen atoms in total. The first-order chi connectivity index (χ1) is 12.5. The molecule has 0 atom stereocenters. The van der Waals surface area contributed by atoms with Gasteiger partial charge in [-0.25, -0.2) is 13.4 Å². The number of rotatable bonds is 6. The molecule has 0 spiro atoms. The molecule has 0 unspecified atom stereocenters. The summed E-state index contributed by atoms with van der Waals surface area (Å²) in [7, 11) is -1.49. The van der Waals surface area contributed by atoms with Crippen molar-refractivity contribution in [3.63, 3.8) is 0 Å². The lowest BCUT2D eigenvalue weighted by Crippen LogP contribution is -2.41. The largest absolute Gasteiger partial charge is 0.379 e. The van der Waals surface area contributed by atoms with Crippen LogP contribution < -0.4 is 9.88 Å². The van der Waals surface area contributed by atoms with E-state index in [0.717, 1.165) is 12.4 Å². The van der Waals surface area contributed by atoms with Gasteiger partial charge in [0.15, 0.2) is 0 Å². The van der Waals surface area contributed by atoms with Crippen molar-refractivity contribution in [2.24, 2.45) is 0 Å². The smallest absolute Gasteiger partial charge is 0.274 e. The van der Waals surface area contributed by atoms with E-state index < -0.39 is 10.0 Å². The summed E-state index contributed by atoms with van der Waals surface area (Å²) in [5, 5.41) is 0. The van der Waals surface area contributed by atoms with Crippen LogP contribution in [0.1, 0.15) is 5.56 Å². The number of hydrogen-bond acceptors (Lipinski definition) is 5. The van der Waals surface area contributed by atoms with E-state index in [-0.39, 0.29) is 4.90 Å². The third-order valence-electron chi connectivity index (χ3n) is 4.37. The van der Waals surface area contributed by atoms with Gasteiger partial charge in [0.25, 0.3) is 5.82 Å². The van der Waals surface area contributed by atoms with Crippen molar-refractivity contribution in [1.29, 1.82) is 0 Å². The number of nitrogens with one attached hydrogen (secondary N) is 1. The molecule has 1 N–H and O–H groups in total. The van der Waals surface area contributed by atoms with Gasteiger partial charge in [0, 0.05) is 24.1 Å². The molecule has 3 rings (SSSR count). The van der Waals surface area contributed by atoms with Crippen molar-refractivity contribution in [3.05, 3.63) is 48.2 Å². The lowest BCUT2D eigenvalue weighted by Gasteiger charge is -2.25. The summed E-state index contributed by atoms with van der Waals surface area (Å²) in [4.78, 5) is 6.68. The number of morpholine rings is 1. The predicted molar refractivity (Wildman–Crippen MR) is 103 cm³/mol. The van der Waals surface area contributed by atoms with Crippen LogP contribution in [0.15, 0.2) is 52.4 Å². The number of nitrogens with zero attached hydrogens (tertiary/aromatic N) is 2. The highest BCUT2D eigenvalue weighted by molar-refractivity contribution is 7.98. The minimum absolute atomic E-state index is 0.279. The molecular formula is C18H24N3O3S2+. The molecule has 0 amide bonds. The quantitative estimate of drug-likeness (QED) is 0.700. The summed E-state index contributed by atoms with van der Waals surface area (Å²) in [6.45, 7) is 2.42. The lowest BCUT2D eigenvalue weighted by atomic mass is 10.2. The Hall–Kier alpha value is -1.61. The number of sulfonamides is 1. The Bertz CT molecular complexity index is 818. The van der Waals surface area contributed by atoms with Gasteiger partial charge in [0.05, 0.1) is 20.3 Å².